The van der Waals surface area contributed by atoms with Crippen LogP contribution in [0, 0.1) is 29.1 Å². The van der Waals surface area contributed by atoms with Crippen LogP contribution in [0.2, 0.25) is 0 Å². The Kier molecular flexibility index (Phi) is 4.61. The van der Waals surface area contributed by atoms with Crippen LogP contribution in [-0.4, -0.2) is 16.5 Å². The number of carbonyl (C=O) groups excluding carboxylic acids is 1. The van der Waals surface area contributed by atoms with Gasteiger partial charge in [0.05, 0.1) is 11.0 Å². The van der Waals surface area contributed by atoms with Gasteiger partial charge in [0.2, 0.25) is 5.78 Å². The molecule has 1 N–H and O–H groups in total. The first-order chi connectivity index (χ1) is 8.22. The number of ketones is 1. The highest BCUT2D eigenvalue weighted by molar-refractivity contribution is 5.93. The fraction of sp³-hybridized carbons (Fsp3) is 0.812. The van der Waals surface area contributed by atoms with Gasteiger partial charge in [-0.15, -0.1) is 0 Å². The van der Waals surface area contributed by atoms with Crippen LogP contribution in [0.25, 0.3) is 0 Å². The Morgan fingerprint density at radius 3 is 2.11 bits per heavy atom. The second-order valence-electron chi connectivity index (χ2n) is 6.37. The van der Waals surface area contributed by atoms with E-state index in [1.54, 1.807) is 0 Å². The molecule has 0 saturated heterocycles. The van der Waals surface area contributed by atoms with Gasteiger partial charge >= 0.3 is 0 Å². The molecule has 102 valence electrons. The first kappa shape index (κ1) is 15.2. The SMILES string of the molecule is CC(=O)C#CC(C(C)C)(C1CCCC1)C(C)(C)O. The average molecular weight is 250 g/mol. The van der Waals surface area contributed by atoms with Crippen molar-refractivity contribution in [3.63, 3.8) is 0 Å². The summed E-state index contributed by atoms with van der Waals surface area (Å²) in [5.74, 6) is 6.37. The first-order valence-corrected chi connectivity index (χ1v) is 6.98. The zero-order valence-electron chi connectivity index (χ0n) is 12.3. The molecule has 0 heterocycles. The highest BCUT2D eigenvalue weighted by atomic mass is 16.3. The highest BCUT2D eigenvalue weighted by Gasteiger charge is 2.51. The lowest BCUT2D eigenvalue weighted by atomic mass is 9.58. The summed E-state index contributed by atoms with van der Waals surface area (Å²) in [5, 5.41) is 10.7. The second-order valence-corrected chi connectivity index (χ2v) is 6.37. The van der Waals surface area contributed by atoms with Crippen LogP contribution in [0.5, 0.6) is 0 Å². The van der Waals surface area contributed by atoms with Gasteiger partial charge in [-0.1, -0.05) is 32.6 Å². The first-order valence-electron chi connectivity index (χ1n) is 6.98. The Bertz CT molecular complexity index is 359. The molecule has 1 aliphatic carbocycles. The largest absolute Gasteiger partial charge is 0.389 e. The van der Waals surface area contributed by atoms with Crippen LogP contribution in [0.15, 0.2) is 0 Å². The Morgan fingerprint density at radius 1 is 1.28 bits per heavy atom. The van der Waals surface area contributed by atoms with Crippen molar-refractivity contribution >= 4 is 5.78 Å². The molecule has 1 aliphatic rings. The van der Waals surface area contributed by atoms with Crippen LogP contribution in [0.1, 0.15) is 60.3 Å². The molecule has 0 aromatic heterocycles. The van der Waals surface area contributed by atoms with Crippen molar-refractivity contribution in [2.75, 3.05) is 0 Å². The van der Waals surface area contributed by atoms with E-state index >= 15 is 0 Å². The topological polar surface area (TPSA) is 37.3 Å². The van der Waals surface area contributed by atoms with E-state index in [9.17, 15) is 9.90 Å². The minimum absolute atomic E-state index is 0.123. The Morgan fingerprint density at radius 2 is 1.78 bits per heavy atom. The highest BCUT2D eigenvalue weighted by Crippen LogP contribution is 2.51. The quantitative estimate of drug-likeness (QED) is 0.617. The van der Waals surface area contributed by atoms with Crippen LogP contribution < -0.4 is 0 Å². The summed E-state index contributed by atoms with van der Waals surface area (Å²) in [6.45, 7) is 9.35. The number of Topliss-reactive ketones (excluding diaryl/α,β-unsaturated/α-hetero) is 1. The monoisotopic (exact) mass is 250 g/mol. The van der Waals surface area contributed by atoms with Gasteiger partial charge in [-0.2, -0.15) is 0 Å². The van der Waals surface area contributed by atoms with Gasteiger partial charge in [-0.05, 0) is 44.4 Å². The smallest absolute Gasteiger partial charge is 0.202 e. The molecule has 1 unspecified atom stereocenters. The minimum Gasteiger partial charge on any atom is -0.389 e. The fourth-order valence-corrected chi connectivity index (χ4v) is 3.65. The average Bonchev–Trinajstić information content (AvgIpc) is 2.68. The summed E-state index contributed by atoms with van der Waals surface area (Å²) in [7, 11) is 0. The Balaban J connectivity index is 3.28. The number of carbonyl (C=O) groups is 1. The number of hydrogen-bond donors (Lipinski definition) is 1. The molecule has 1 atom stereocenters. The molecule has 18 heavy (non-hydrogen) atoms. The van der Waals surface area contributed by atoms with E-state index in [4.69, 9.17) is 0 Å². The Hall–Kier alpha value is -0.810. The summed E-state index contributed by atoms with van der Waals surface area (Å²) in [6, 6.07) is 0. The maximum absolute atomic E-state index is 11.2. The van der Waals surface area contributed by atoms with Crippen molar-refractivity contribution in [1.82, 2.24) is 0 Å². The van der Waals surface area contributed by atoms with E-state index in [1.807, 2.05) is 13.8 Å². The van der Waals surface area contributed by atoms with Crippen molar-refractivity contribution in [3.05, 3.63) is 0 Å². The molecule has 1 rings (SSSR count). The third-order valence-corrected chi connectivity index (χ3v) is 4.37. The molecular weight excluding hydrogens is 224 g/mol. The van der Waals surface area contributed by atoms with Crippen LogP contribution >= 0.6 is 0 Å². The van der Waals surface area contributed by atoms with E-state index in [0.717, 1.165) is 12.8 Å². The lowest BCUT2D eigenvalue weighted by Gasteiger charge is -2.47. The fourth-order valence-electron chi connectivity index (χ4n) is 3.65. The molecule has 0 spiro atoms. The molecule has 0 bridgehead atoms. The third kappa shape index (κ3) is 2.78. The van der Waals surface area contributed by atoms with Crippen molar-refractivity contribution < 1.29 is 9.90 Å². The van der Waals surface area contributed by atoms with Crippen LogP contribution in [-0.2, 0) is 4.79 Å². The molecule has 0 aromatic carbocycles. The lowest BCUT2D eigenvalue weighted by molar-refractivity contribution is -0.112. The van der Waals surface area contributed by atoms with E-state index in [0.29, 0.717) is 5.92 Å². The van der Waals surface area contributed by atoms with Crippen molar-refractivity contribution in [2.45, 2.75) is 65.9 Å². The van der Waals surface area contributed by atoms with Crippen molar-refractivity contribution in [1.29, 1.82) is 0 Å². The maximum atomic E-state index is 11.2. The molecule has 1 fully saturated rings. The van der Waals surface area contributed by atoms with Crippen molar-refractivity contribution in [3.8, 4) is 11.8 Å². The maximum Gasteiger partial charge on any atom is 0.202 e. The number of aliphatic hydroxyl groups is 1. The molecule has 0 amide bonds. The number of rotatable bonds is 3. The van der Waals surface area contributed by atoms with E-state index in [2.05, 4.69) is 25.7 Å². The molecule has 0 radical (unpaired) electrons. The van der Waals surface area contributed by atoms with Gasteiger partial charge in [-0.25, -0.2) is 0 Å². The summed E-state index contributed by atoms with van der Waals surface area (Å²) < 4.78 is 0. The van der Waals surface area contributed by atoms with Gasteiger partial charge in [0.15, 0.2) is 0 Å². The zero-order valence-corrected chi connectivity index (χ0v) is 12.3. The molecule has 0 aliphatic heterocycles. The normalized spacial score (nSPS) is 20.4. The standard InChI is InChI=1S/C16H26O2/c1-12(2)16(15(4,5)18,11-10-13(3)17)14-8-6-7-9-14/h12,14,18H,6-9H2,1-5H3. The molecule has 2 nitrogen and oxygen atoms in total. The van der Waals surface area contributed by atoms with Gasteiger partial charge in [0, 0.05) is 6.92 Å². The van der Waals surface area contributed by atoms with Crippen LogP contribution in [0.4, 0.5) is 0 Å². The second kappa shape index (κ2) is 5.45. The van der Waals surface area contributed by atoms with E-state index < -0.39 is 11.0 Å². The number of hydrogen-bond acceptors (Lipinski definition) is 2. The lowest BCUT2D eigenvalue weighted by Crippen LogP contribution is -2.51. The van der Waals surface area contributed by atoms with Crippen molar-refractivity contribution in [2.24, 2.45) is 17.3 Å². The summed E-state index contributed by atoms with van der Waals surface area (Å²) in [5.41, 5.74) is -1.37. The Labute approximate surface area is 111 Å². The summed E-state index contributed by atoms with van der Waals surface area (Å²) >= 11 is 0. The molecule has 0 aromatic rings. The summed E-state index contributed by atoms with van der Waals surface area (Å²) in [4.78, 5) is 11.2. The third-order valence-electron chi connectivity index (χ3n) is 4.37. The van der Waals surface area contributed by atoms with Gasteiger partial charge in [0.25, 0.3) is 0 Å². The van der Waals surface area contributed by atoms with Gasteiger partial charge in [-0.3, -0.25) is 4.79 Å². The molecular formula is C16H26O2. The molecule has 1 saturated carbocycles. The van der Waals surface area contributed by atoms with Gasteiger partial charge in [0.1, 0.15) is 0 Å². The van der Waals surface area contributed by atoms with E-state index in [1.165, 1.54) is 19.8 Å². The van der Waals surface area contributed by atoms with Gasteiger partial charge < -0.3 is 5.11 Å². The van der Waals surface area contributed by atoms with Crippen LogP contribution in [0.3, 0.4) is 0 Å². The minimum atomic E-state index is -0.890. The predicted octanol–water partition coefficient (Wildman–Crippen LogP) is 3.18. The summed E-state index contributed by atoms with van der Waals surface area (Å²) in [6.07, 6.45) is 4.62. The predicted molar refractivity (Wildman–Crippen MR) is 74.0 cm³/mol. The zero-order chi connectivity index (χ0) is 14.0. The van der Waals surface area contributed by atoms with E-state index in [-0.39, 0.29) is 11.7 Å². The molecule has 2 heteroatoms.